The minimum absolute atomic E-state index is 0.0445. The van der Waals surface area contributed by atoms with Crippen LogP contribution in [0.25, 0.3) is 0 Å². The van der Waals surface area contributed by atoms with Crippen molar-refractivity contribution in [1.29, 1.82) is 0 Å². The minimum Gasteiger partial charge on any atom is -0.448 e. The second kappa shape index (κ2) is 4.93. The van der Waals surface area contributed by atoms with E-state index in [4.69, 9.17) is 15.9 Å². The summed E-state index contributed by atoms with van der Waals surface area (Å²) in [6.07, 6.45) is 3.15. The van der Waals surface area contributed by atoms with E-state index in [9.17, 15) is 4.79 Å². The molecule has 1 aromatic heterocycles. The van der Waals surface area contributed by atoms with Crippen molar-refractivity contribution in [2.24, 2.45) is 11.5 Å². The van der Waals surface area contributed by atoms with Gasteiger partial charge in [0.05, 0.1) is 5.92 Å². The number of primary amides is 1. The van der Waals surface area contributed by atoms with Crippen molar-refractivity contribution in [1.82, 2.24) is 4.98 Å². The molecule has 15 heavy (non-hydrogen) atoms. The molecule has 1 aromatic rings. The third-order valence-electron chi connectivity index (χ3n) is 2.33. The predicted molar refractivity (Wildman–Crippen MR) is 56.3 cm³/mol. The van der Waals surface area contributed by atoms with E-state index in [1.165, 1.54) is 6.26 Å². The van der Waals surface area contributed by atoms with Gasteiger partial charge in [-0.1, -0.05) is 13.3 Å². The summed E-state index contributed by atoms with van der Waals surface area (Å²) in [7, 11) is 0. The van der Waals surface area contributed by atoms with Gasteiger partial charge in [-0.3, -0.25) is 4.79 Å². The third-order valence-corrected chi connectivity index (χ3v) is 2.33. The second-order valence-corrected chi connectivity index (χ2v) is 3.69. The highest BCUT2D eigenvalue weighted by atomic mass is 16.3. The highest BCUT2D eigenvalue weighted by molar-refractivity contribution is 5.90. The molecule has 0 spiro atoms. The van der Waals surface area contributed by atoms with Crippen LogP contribution in [0, 0.1) is 0 Å². The summed E-state index contributed by atoms with van der Waals surface area (Å²) in [5, 5.41) is 0. The molecule has 1 amide bonds. The zero-order chi connectivity index (χ0) is 11.4. The van der Waals surface area contributed by atoms with Gasteiger partial charge in [-0.15, -0.1) is 0 Å². The van der Waals surface area contributed by atoms with Crippen molar-refractivity contribution in [2.45, 2.75) is 38.6 Å². The fourth-order valence-corrected chi connectivity index (χ4v) is 1.49. The smallest absolute Gasteiger partial charge is 0.270 e. The average molecular weight is 211 g/mol. The van der Waals surface area contributed by atoms with E-state index in [1.54, 1.807) is 0 Å². The summed E-state index contributed by atoms with van der Waals surface area (Å²) in [6.45, 7) is 3.96. The van der Waals surface area contributed by atoms with Gasteiger partial charge in [0.2, 0.25) is 0 Å². The normalized spacial score (nSPS) is 14.9. The summed E-state index contributed by atoms with van der Waals surface area (Å²) >= 11 is 0. The Bertz CT molecular complexity index is 333. The number of rotatable bonds is 5. The van der Waals surface area contributed by atoms with Crippen molar-refractivity contribution in [2.75, 3.05) is 0 Å². The van der Waals surface area contributed by atoms with E-state index in [1.807, 2.05) is 6.92 Å². The van der Waals surface area contributed by atoms with Crippen LogP contribution in [0.1, 0.15) is 49.0 Å². The highest BCUT2D eigenvalue weighted by Crippen LogP contribution is 2.23. The maximum Gasteiger partial charge on any atom is 0.270 e. The van der Waals surface area contributed by atoms with Gasteiger partial charge in [0.25, 0.3) is 5.91 Å². The topological polar surface area (TPSA) is 95.1 Å². The van der Waals surface area contributed by atoms with E-state index < -0.39 is 5.91 Å². The van der Waals surface area contributed by atoms with Gasteiger partial charge in [-0.05, 0) is 13.3 Å². The van der Waals surface area contributed by atoms with Crippen LogP contribution in [0.4, 0.5) is 0 Å². The van der Waals surface area contributed by atoms with Crippen LogP contribution in [0.5, 0.6) is 0 Å². The molecule has 0 aliphatic heterocycles. The maximum absolute atomic E-state index is 10.8. The van der Waals surface area contributed by atoms with Crippen LogP contribution in [-0.2, 0) is 0 Å². The van der Waals surface area contributed by atoms with Crippen LogP contribution in [0.15, 0.2) is 10.7 Å². The van der Waals surface area contributed by atoms with Crippen LogP contribution >= 0.6 is 0 Å². The van der Waals surface area contributed by atoms with Gasteiger partial charge < -0.3 is 15.9 Å². The fourth-order valence-electron chi connectivity index (χ4n) is 1.49. The van der Waals surface area contributed by atoms with Crippen LogP contribution in [0.3, 0.4) is 0 Å². The van der Waals surface area contributed by atoms with Gasteiger partial charge in [0.15, 0.2) is 11.6 Å². The predicted octanol–water partition coefficient (Wildman–Crippen LogP) is 1.00. The molecule has 5 heteroatoms. The lowest BCUT2D eigenvalue weighted by Gasteiger charge is -2.15. The number of aromatic nitrogens is 1. The first kappa shape index (κ1) is 11.7. The maximum atomic E-state index is 10.8. The number of hydrogen-bond acceptors (Lipinski definition) is 4. The molecule has 0 aliphatic rings. The molecule has 0 unspecified atom stereocenters. The average Bonchev–Trinajstić information content (AvgIpc) is 2.62. The molecule has 0 fully saturated rings. The van der Waals surface area contributed by atoms with E-state index in [2.05, 4.69) is 11.9 Å². The molecule has 4 N–H and O–H groups in total. The van der Waals surface area contributed by atoms with Crippen LogP contribution < -0.4 is 11.5 Å². The Morgan fingerprint density at radius 3 is 2.73 bits per heavy atom. The summed E-state index contributed by atoms with van der Waals surface area (Å²) < 4.78 is 5.21. The molecular weight excluding hydrogens is 194 g/mol. The molecule has 84 valence electrons. The van der Waals surface area contributed by atoms with Crippen LogP contribution in [0.2, 0.25) is 0 Å². The number of carbonyl (C=O) groups is 1. The molecule has 5 nitrogen and oxygen atoms in total. The van der Waals surface area contributed by atoms with E-state index in [-0.39, 0.29) is 17.7 Å². The lowest BCUT2D eigenvalue weighted by Crippen LogP contribution is -2.25. The van der Waals surface area contributed by atoms with Gasteiger partial charge >= 0.3 is 0 Å². The zero-order valence-electron chi connectivity index (χ0n) is 9.06. The Kier molecular flexibility index (Phi) is 3.85. The first-order chi connectivity index (χ1) is 7.06. The number of nitrogens with zero attached hydrogens (tertiary/aromatic N) is 1. The Morgan fingerprint density at radius 1 is 1.67 bits per heavy atom. The molecule has 0 saturated heterocycles. The molecule has 0 aromatic carbocycles. The lowest BCUT2D eigenvalue weighted by atomic mass is 9.97. The third kappa shape index (κ3) is 2.79. The van der Waals surface area contributed by atoms with Crippen molar-refractivity contribution in [3.8, 4) is 0 Å². The number of amides is 1. The summed E-state index contributed by atoms with van der Waals surface area (Å²) in [5.74, 6) is -0.0336. The summed E-state index contributed by atoms with van der Waals surface area (Å²) in [4.78, 5) is 14.9. The Morgan fingerprint density at radius 2 is 2.33 bits per heavy atom. The van der Waals surface area contributed by atoms with Crippen molar-refractivity contribution in [3.63, 3.8) is 0 Å². The summed E-state index contributed by atoms with van der Waals surface area (Å²) in [6, 6.07) is -0.0515. The number of oxazole rings is 1. The standard InChI is InChI=1S/C10H17N3O2/c1-3-4-7(6(2)11)10-13-8(5-15-10)9(12)14/h5-7H,3-4,11H2,1-2H3,(H2,12,14)/t6-,7-/m1/s1. The van der Waals surface area contributed by atoms with E-state index in [0.29, 0.717) is 5.89 Å². The zero-order valence-corrected chi connectivity index (χ0v) is 9.06. The van der Waals surface area contributed by atoms with Gasteiger partial charge in [-0.25, -0.2) is 4.98 Å². The number of carbonyl (C=O) groups excluding carboxylic acids is 1. The number of hydrogen-bond donors (Lipinski definition) is 2. The van der Waals surface area contributed by atoms with E-state index >= 15 is 0 Å². The Hall–Kier alpha value is -1.36. The largest absolute Gasteiger partial charge is 0.448 e. The Labute approximate surface area is 88.8 Å². The Balaban J connectivity index is 2.86. The molecule has 1 heterocycles. The SMILES string of the molecule is CCC[C@@H](c1nc(C(N)=O)co1)[C@@H](C)N. The molecule has 0 saturated carbocycles. The monoisotopic (exact) mass is 211 g/mol. The lowest BCUT2D eigenvalue weighted by molar-refractivity contribution is 0.0995. The molecule has 0 aliphatic carbocycles. The van der Waals surface area contributed by atoms with Gasteiger partial charge in [0, 0.05) is 6.04 Å². The molecule has 0 radical (unpaired) electrons. The first-order valence-corrected chi connectivity index (χ1v) is 5.07. The second-order valence-electron chi connectivity index (χ2n) is 3.69. The van der Waals surface area contributed by atoms with Crippen LogP contribution in [-0.4, -0.2) is 16.9 Å². The summed E-state index contributed by atoms with van der Waals surface area (Å²) in [5.41, 5.74) is 11.1. The van der Waals surface area contributed by atoms with Crippen molar-refractivity contribution in [3.05, 3.63) is 17.8 Å². The molecule has 2 atom stereocenters. The molecular formula is C10H17N3O2. The van der Waals surface area contributed by atoms with Gasteiger partial charge in [0.1, 0.15) is 6.26 Å². The first-order valence-electron chi connectivity index (χ1n) is 5.07. The quantitative estimate of drug-likeness (QED) is 0.759. The number of nitrogens with two attached hydrogens (primary N) is 2. The molecule has 0 bridgehead atoms. The highest BCUT2D eigenvalue weighted by Gasteiger charge is 2.21. The van der Waals surface area contributed by atoms with E-state index in [0.717, 1.165) is 12.8 Å². The van der Waals surface area contributed by atoms with Crippen molar-refractivity contribution >= 4 is 5.91 Å². The van der Waals surface area contributed by atoms with Crippen molar-refractivity contribution < 1.29 is 9.21 Å². The fraction of sp³-hybridized carbons (Fsp3) is 0.600. The van der Waals surface area contributed by atoms with Gasteiger partial charge in [-0.2, -0.15) is 0 Å². The molecule has 1 rings (SSSR count). The minimum atomic E-state index is -0.579.